The number of imidazole rings is 1. The minimum atomic E-state index is -3.99. The van der Waals surface area contributed by atoms with Gasteiger partial charge in [-0.2, -0.15) is 0 Å². The molecule has 4 rings (SSSR count). The molecular formula is C24H23FN4O3S. The van der Waals surface area contributed by atoms with E-state index >= 15 is 0 Å². The van der Waals surface area contributed by atoms with E-state index in [2.05, 4.69) is 15.0 Å². The second kappa shape index (κ2) is 9.41. The van der Waals surface area contributed by atoms with Gasteiger partial charge in [-0.1, -0.05) is 24.3 Å². The Hall–Kier alpha value is -3.72. The van der Waals surface area contributed by atoms with E-state index in [-0.39, 0.29) is 27.6 Å². The van der Waals surface area contributed by atoms with Gasteiger partial charge in [0.15, 0.2) is 0 Å². The molecule has 7 nitrogen and oxygen atoms in total. The van der Waals surface area contributed by atoms with Crippen molar-refractivity contribution in [3.63, 3.8) is 0 Å². The summed E-state index contributed by atoms with van der Waals surface area (Å²) in [7, 11) is -3.99. The summed E-state index contributed by atoms with van der Waals surface area (Å²) in [6.07, 6.45) is 2.45. The molecule has 0 aliphatic heterocycles. The van der Waals surface area contributed by atoms with E-state index in [0.29, 0.717) is 19.5 Å². The van der Waals surface area contributed by atoms with Crippen molar-refractivity contribution >= 4 is 32.7 Å². The Balaban J connectivity index is 1.41. The van der Waals surface area contributed by atoms with Crippen LogP contribution in [0.3, 0.4) is 0 Å². The molecule has 0 fully saturated rings. The lowest BCUT2D eigenvalue weighted by atomic mass is 10.1. The zero-order valence-electron chi connectivity index (χ0n) is 18.0. The van der Waals surface area contributed by atoms with Gasteiger partial charge in [0.1, 0.15) is 5.82 Å². The van der Waals surface area contributed by atoms with Crippen molar-refractivity contribution in [1.29, 1.82) is 0 Å². The number of sulfonamides is 1. The third-order valence-electron chi connectivity index (χ3n) is 5.24. The lowest BCUT2D eigenvalue weighted by molar-refractivity contribution is 0.0953. The highest BCUT2D eigenvalue weighted by Crippen LogP contribution is 2.21. The van der Waals surface area contributed by atoms with Crippen LogP contribution < -0.4 is 10.0 Å². The molecule has 0 atom stereocenters. The van der Waals surface area contributed by atoms with Crippen LogP contribution in [0.15, 0.2) is 78.0 Å². The third-order valence-corrected chi connectivity index (χ3v) is 6.61. The highest BCUT2D eigenvalue weighted by atomic mass is 32.2. The van der Waals surface area contributed by atoms with E-state index in [1.807, 2.05) is 28.8 Å². The molecule has 3 aromatic carbocycles. The predicted octanol–water partition coefficient (Wildman–Crippen LogP) is 4.10. The van der Waals surface area contributed by atoms with E-state index in [1.54, 1.807) is 24.5 Å². The fraction of sp³-hybridized carbons (Fsp3) is 0.167. The van der Waals surface area contributed by atoms with Crippen molar-refractivity contribution in [3.8, 4) is 0 Å². The molecule has 0 aliphatic carbocycles. The summed E-state index contributed by atoms with van der Waals surface area (Å²) in [5.41, 5.74) is 2.51. The highest BCUT2D eigenvalue weighted by Gasteiger charge is 2.19. The van der Waals surface area contributed by atoms with E-state index in [4.69, 9.17) is 0 Å². The first-order valence-corrected chi connectivity index (χ1v) is 11.9. The SMILES string of the molecule is Cc1cc(S(=O)(=O)Nc2ccccc2C(=O)NCCCn2cnc3ccccc32)ccc1F. The first-order valence-electron chi connectivity index (χ1n) is 10.4. The van der Waals surface area contributed by atoms with E-state index in [1.165, 1.54) is 25.1 Å². The molecule has 2 N–H and O–H groups in total. The van der Waals surface area contributed by atoms with Crippen LogP contribution in [0.5, 0.6) is 0 Å². The van der Waals surface area contributed by atoms with Crippen LogP contribution in [0.1, 0.15) is 22.3 Å². The number of rotatable bonds is 8. The van der Waals surface area contributed by atoms with Gasteiger partial charge < -0.3 is 9.88 Å². The van der Waals surface area contributed by atoms with E-state index in [9.17, 15) is 17.6 Å². The number of nitrogens with one attached hydrogen (secondary N) is 2. The molecule has 0 bridgehead atoms. The van der Waals surface area contributed by atoms with Crippen molar-refractivity contribution in [3.05, 3.63) is 90.0 Å². The predicted molar refractivity (Wildman–Crippen MR) is 125 cm³/mol. The fourth-order valence-corrected chi connectivity index (χ4v) is 4.66. The van der Waals surface area contributed by atoms with Crippen molar-refractivity contribution in [2.24, 2.45) is 0 Å². The van der Waals surface area contributed by atoms with Gasteiger partial charge >= 0.3 is 0 Å². The van der Waals surface area contributed by atoms with Crippen LogP contribution in [-0.2, 0) is 16.6 Å². The number of halogens is 1. The molecule has 4 aromatic rings. The second-order valence-corrected chi connectivity index (χ2v) is 9.28. The number of nitrogens with zero attached hydrogens (tertiary/aromatic N) is 2. The van der Waals surface area contributed by atoms with Gasteiger partial charge in [-0.15, -0.1) is 0 Å². The van der Waals surface area contributed by atoms with Gasteiger partial charge in [0.05, 0.1) is 33.5 Å². The van der Waals surface area contributed by atoms with Gasteiger partial charge in [0.2, 0.25) is 0 Å². The van der Waals surface area contributed by atoms with Crippen LogP contribution in [0.4, 0.5) is 10.1 Å². The van der Waals surface area contributed by atoms with Crippen molar-refractivity contribution in [2.75, 3.05) is 11.3 Å². The molecule has 0 aliphatic rings. The van der Waals surface area contributed by atoms with Gasteiger partial charge in [-0.3, -0.25) is 9.52 Å². The summed E-state index contributed by atoms with van der Waals surface area (Å²) in [4.78, 5) is 17.0. The molecule has 170 valence electrons. The summed E-state index contributed by atoms with van der Waals surface area (Å²) in [6.45, 7) is 2.57. The van der Waals surface area contributed by atoms with Gasteiger partial charge in [-0.05, 0) is 61.4 Å². The lowest BCUT2D eigenvalue weighted by Crippen LogP contribution is -2.26. The molecule has 1 aromatic heterocycles. The molecule has 0 spiro atoms. The Labute approximate surface area is 191 Å². The number of amides is 1. The number of para-hydroxylation sites is 3. The Kier molecular flexibility index (Phi) is 6.41. The maximum atomic E-state index is 13.5. The number of hydrogen-bond acceptors (Lipinski definition) is 4. The monoisotopic (exact) mass is 466 g/mol. The number of aromatic nitrogens is 2. The minimum Gasteiger partial charge on any atom is -0.352 e. The summed E-state index contributed by atoms with van der Waals surface area (Å²) in [5.74, 6) is -0.878. The molecule has 9 heteroatoms. The number of aryl methyl sites for hydroxylation is 2. The average Bonchev–Trinajstić information content (AvgIpc) is 3.21. The quantitative estimate of drug-likeness (QED) is 0.382. The number of hydrogen-bond donors (Lipinski definition) is 2. The Bertz CT molecular complexity index is 1420. The van der Waals surface area contributed by atoms with Gasteiger partial charge in [0, 0.05) is 13.1 Å². The zero-order chi connectivity index (χ0) is 23.4. The Morgan fingerprint density at radius 1 is 1.06 bits per heavy atom. The minimum absolute atomic E-state index is 0.0795. The summed E-state index contributed by atoms with van der Waals surface area (Å²) < 4.78 is 43.5. The number of carbonyl (C=O) groups is 1. The Morgan fingerprint density at radius 2 is 1.82 bits per heavy atom. The molecule has 33 heavy (non-hydrogen) atoms. The van der Waals surface area contributed by atoms with E-state index < -0.39 is 15.8 Å². The maximum absolute atomic E-state index is 13.5. The van der Waals surface area contributed by atoms with Crippen LogP contribution in [0, 0.1) is 12.7 Å². The van der Waals surface area contributed by atoms with Crippen molar-refractivity contribution in [1.82, 2.24) is 14.9 Å². The third kappa shape index (κ3) is 5.04. The molecule has 0 saturated heterocycles. The summed E-state index contributed by atoms with van der Waals surface area (Å²) in [6, 6.07) is 17.7. The van der Waals surface area contributed by atoms with Crippen molar-refractivity contribution in [2.45, 2.75) is 24.8 Å². The fourth-order valence-electron chi connectivity index (χ4n) is 3.49. The van der Waals surface area contributed by atoms with Gasteiger partial charge in [-0.25, -0.2) is 17.8 Å². The second-order valence-electron chi connectivity index (χ2n) is 7.60. The molecular weight excluding hydrogens is 443 g/mol. The molecule has 0 radical (unpaired) electrons. The molecule has 0 unspecified atom stereocenters. The topological polar surface area (TPSA) is 93.1 Å². The maximum Gasteiger partial charge on any atom is 0.261 e. The van der Waals surface area contributed by atoms with Crippen LogP contribution in [0.2, 0.25) is 0 Å². The molecule has 1 amide bonds. The highest BCUT2D eigenvalue weighted by molar-refractivity contribution is 7.92. The summed E-state index contributed by atoms with van der Waals surface area (Å²) in [5, 5.41) is 2.83. The van der Waals surface area contributed by atoms with Crippen LogP contribution in [-0.4, -0.2) is 30.4 Å². The van der Waals surface area contributed by atoms with Crippen molar-refractivity contribution < 1.29 is 17.6 Å². The normalized spacial score (nSPS) is 11.5. The standard InChI is InChI=1S/C24H23FN4O3S/c1-17-15-18(11-12-20(17)25)33(31,32)28-21-8-3-2-7-19(21)24(30)26-13-6-14-29-16-27-22-9-4-5-10-23(22)29/h2-5,7-12,15-16,28H,6,13-14H2,1H3,(H,26,30). The average molecular weight is 467 g/mol. The lowest BCUT2D eigenvalue weighted by Gasteiger charge is -2.13. The molecule has 0 saturated carbocycles. The number of anilines is 1. The van der Waals surface area contributed by atoms with Gasteiger partial charge in [0.25, 0.3) is 15.9 Å². The Morgan fingerprint density at radius 3 is 2.64 bits per heavy atom. The molecule has 1 heterocycles. The summed E-state index contributed by atoms with van der Waals surface area (Å²) >= 11 is 0. The van der Waals surface area contributed by atoms with E-state index in [0.717, 1.165) is 17.1 Å². The van der Waals surface area contributed by atoms with Crippen LogP contribution in [0.25, 0.3) is 11.0 Å². The smallest absolute Gasteiger partial charge is 0.261 e. The largest absolute Gasteiger partial charge is 0.352 e. The zero-order valence-corrected chi connectivity index (χ0v) is 18.8. The van der Waals surface area contributed by atoms with Crippen LogP contribution >= 0.6 is 0 Å². The first-order chi connectivity index (χ1) is 15.8. The number of fused-ring (bicyclic) bond motifs is 1. The first kappa shape index (κ1) is 22.5. The number of carbonyl (C=O) groups excluding carboxylic acids is 1. The number of benzene rings is 3.